The zero-order valence-electron chi connectivity index (χ0n) is 5.18. The van der Waals surface area contributed by atoms with Gasteiger partial charge in [0.05, 0.1) is 0 Å². The summed E-state index contributed by atoms with van der Waals surface area (Å²) in [6.45, 7) is 1.83. The molecule has 0 saturated carbocycles. The molecule has 0 bridgehead atoms. The Morgan fingerprint density at radius 1 is 1.75 bits per heavy atom. The van der Waals surface area contributed by atoms with Gasteiger partial charge in [0.1, 0.15) is 0 Å². The van der Waals surface area contributed by atoms with Gasteiger partial charge in [0.25, 0.3) is 0 Å². The molecule has 4 heteroatoms. The van der Waals surface area contributed by atoms with Gasteiger partial charge in [0.15, 0.2) is 0 Å². The van der Waals surface area contributed by atoms with Crippen molar-refractivity contribution in [3.8, 4) is 0 Å². The van der Waals surface area contributed by atoms with Crippen molar-refractivity contribution in [1.82, 2.24) is 0 Å². The Kier molecular flexibility index (Phi) is 10.5. The van der Waals surface area contributed by atoms with Gasteiger partial charge in [0, 0.05) is 6.42 Å². The first-order valence-corrected chi connectivity index (χ1v) is 2.15. The van der Waals surface area contributed by atoms with Crippen LogP contribution in [0.25, 0.3) is 0 Å². The van der Waals surface area contributed by atoms with Crippen LogP contribution in [0.3, 0.4) is 0 Å². The minimum atomic E-state index is -0.567. The molecule has 42 valence electrons. The second-order valence-corrected chi connectivity index (χ2v) is 1.21. The van der Waals surface area contributed by atoms with Crippen molar-refractivity contribution in [2.24, 2.45) is 0 Å². The van der Waals surface area contributed by atoms with E-state index in [4.69, 9.17) is 5.26 Å². The van der Waals surface area contributed by atoms with Gasteiger partial charge in [-0.15, -0.1) is 0 Å². The zero-order chi connectivity index (χ0) is 5.70. The number of carbonyl (C=O) groups excluding carboxylic acids is 1. The van der Waals surface area contributed by atoms with Gasteiger partial charge in [-0.2, -0.15) is 5.26 Å². The molecular formula is C4H8NaO3+. The molecule has 0 aliphatic carbocycles. The Bertz CT molecular complexity index is 64.3. The van der Waals surface area contributed by atoms with Gasteiger partial charge in [-0.05, 0) is 6.42 Å². The van der Waals surface area contributed by atoms with Crippen LogP contribution in [0.2, 0.25) is 0 Å². The molecule has 0 aromatic heterocycles. The molecule has 0 unspecified atom stereocenters. The van der Waals surface area contributed by atoms with Crippen LogP contribution in [0.4, 0.5) is 0 Å². The molecule has 0 aliphatic heterocycles. The SMILES string of the molecule is CCCC(=O)OO.[Na+]. The van der Waals surface area contributed by atoms with E-state index < -0.39 is 5.97 Å². The third-order valence-corrected chi connectivity index (χ3v) is 0.556. The fourth-order valence-corrected chi connectivity index (χ4v) is 0.250. The van der Waals surface area contributed by atoms with Gasteiger partial charge >= 0.3 is 35.5 Å². The van der Waals surface area contributed by atoms with E-state index in [0.29, 0.717) is 6.42 Å². The summed E-state index contributed by atoms with van der Waals surface area (Å²) < 4.78 is 0. The minimum Gasteiger partial charge on any atom is -0.301 e. The molecule has 0 atom stereocenters. The molecule has 8 heavy (non-hydrogen) atoms. The van der Waals surface area contributed by atoms with Crippen LogP contribution in [0.1, 0.15) is 19.8 Å². The molecule has 0 aromatic rings. The molecule has 0 aliphatic rings. The molecule has 1 N–H and O–H groups in total. The minimum absolute atomic E-state index is 0. The molecule has 0 aromatic carbocycles. The Morgan fingerprint density at radius 3 is 2.38 bits per heavy atom. The molecule has 0 spiro atoms. The van der Waals surface area contributed by atoms with Crippen molar-refractivity contribution in [3.63, 3.8) is 0 Å². The van der Waals surface area contributed by atoms with Crippen LogP contribution in [0.5, 0.6) is 0 Å². The van der Waals surface area contributed by atoms with E-state index in [2.05, 4.69) is 4.89 Å². The molecule has 0 fully saturated rings. The Hall–Kier alpha value is 0.430. The Morgan fingerprint density at radius 2 is 2.25 bits per heavy atom. The smallest absolute Gasteiger partial charge is 0.301 e. The number of hydrogen-bond donors (Lipinski definition) is 1. The van der Waals surface area contributed by atoms with Gasteiger partial charge in [0.2, 0.25) is 0 Å². The fraction of sp³-hybridized carbons (Fsp3) is 0.750. The number of hydrogen-bond acceptors (Lipinski definition) is 3. The van der Waals surface area contributed by atoms with E-state index in [1.54, 1.807) is 0 Å². The van der Waals surface area contributed by atoms with Crippen LogP contribution in [0.15, 0.2) is 0 Å². The van der Waals surface area contributed by atoms with E-state index >= 15 is 0 Å². The third-order valence-electron chi connectivity index (χ3n) is 0.556. The monoisotopic (exact) mass is 127 g/mol. The summed E-state index contributed by atoms with van der Waals surface area (Å²) in [4.78, 5) is 13.3. The third kappa shape index (κ3) is 6.43. The van der Waals surface area contributed by atoms with Gasteiger partial charge < -0.3 is 4.89 Å². The van der Waals surface area contributed by atoms with Gasteiger partial charge in [-0.3, -0.25) is 0 Å². The zero-order valence-corrected chi connectivity index (χ0v) is 7.18. The van der Waals surface area contributed by atoms with E-state index in [-0.39, 0.29) is 36.0 Å². The van der Waals surface area contributed by atoms with Crippen molar-refractivity contribution in [2.75, 3.05) is 0 Å². The van der Waals surface area contributed by atoms with Crippen LogP contribution < -0.4 is 29.6 Å². The van der Waals surface area contributed by atoms with E-state index in [0.717, 1.165) is 0 Å². The van der Waals surface area contributed by atoms with Gasteiger partial charge in [-0.1, -0.05) is 6.92 Å². The largest absolute Gasteiger partial charge is 1.00 e. The molecule has 3 nitrogen and oxygen atoms in total. The Balaban J connectivity index is 0. The maximum Gasteiger partial charge on any atom is 1.00 e. The first-order valence-electron chi connectivity index (χ1n) is 2.15. The molecular weight excluding hydrogens is 119 g/mol. The Labute approximate surface area is 70.2 Å². The van der Waals surface area contributed by atoms with Crippen molar-refractivity contribution >= 4 is 5.97 Å². The average molecular weight is 127 g/mol. The van der Waals surface area contributed by atoms with Crippen molar-refractivity contribution in [3.05, 3.63) is 0 Å². The van der Waals surface area contributed by atoms with Crippen molar-refractivity contribution in [2.45, 2.75) is 19.8 Å². The van der Waals surface area contributed by atoms with E-state index in [1.807, 2.05) is 6.92 Å². The van der Waals surface area contributed by atoms with Crippen molar-refractivity contribution in [1.29, 1.82) is 0 Å². The topological polar surface area (TPSA) is 46.5 Å². The van der Waals surface area contributed by atoms with Crippen LogP contribution in [-0.2, 0) is 9.68 Å². The van der Waals surface area contributed by atoms with E-state index in [9.17, 15) is 4.79 Å². The first kappa shape index (κ1) is 11.3. The molecule has 0 heterocycles. The summed E-state index contributed by atoms with van der Waals surface area (Å²) in [5, 5.41) is 7.62. The molecule has 0 amide bonds. The second kappa shape index (κ2) is 7.43. The predicted molar refractivity (Wildman–Crippen MR) is 23.6 cm³/mol. The summed E-state index contributed by atoms with van der Waals surface area (Å²) in [5.41, 5.74) is 0. The van der Waals surface area contributed by atoms with Crippen molar-refractivity contribution < 1.29 is 44.5 Å². The maximum atomic E-state index is 9.94. The summed E-state index contributed by atoms with van der Waals surface area (Å²) in [6.07, 6.45) is 0.996. The van der Waals surface area contributed by atoms with Crippen LogP contribution in [0, 0.1) is 0 Å². The fourth-order valence-electron chi connectivity index (χ4n) is 0.250. The summed E-state index contributed by atoms with van der Waals surface area (Å²) in [6, 6.07) is 0. The predicted octanol–water partition coefficient (Wildman–Crippen LogP) is -2.19. The van der Waals surface area contributed by atoms with Gasteiger partial charge in [-0.25, -0.2) is 4.79 Å². The molecule has 0 saturated heterocycles. The van der Waals surface area contributed by atoms with E-state index in [1.165, 1.54) is 0 Å². The number of rotatable bonds is 2. The quantitative estimate of drug-likeness (QED) is 0.260. The normalized spacial score (nSPS) is 7.25. The molecule has 0 rings (SSSR count). The first-order chi connectivity index (χ1) is 3.31. The second-order valence-electron chi connectivity index (χ2n) is 1.21. The standard InChI is InChI=1S/C4H8O3.Na/c1-2-3-4(5)7-6;/h6H,2-3H2,1H3;/q;+1. The van der Waals surface area contributed by atoms with Crippen LogP contribution >= 0.6 is 0 Å². The number of carbonyl (C=O) groups is 1. The van der Waals surface area contributed by atoms with Crippen LogP contribution in [-0.4, -0.2) is 11.2 Å². The summed E-state index contributed by atoms with van der Waals surface area (Å²) in [7, 11) is 0. The summed E-state index contributed by atoms with van der Waals surface area (Å²) in [5.74, 6) is -0.567. The summed E-state index contributed by atoms with van der Waals surface area (Å²) >= 11 is 0. The average Bonchev–Trinajstić information content (AvgIpc) is 1.68. The maximum absolute atomic E-state index is 9.94. The molecule has 0 radical (unpaired) electrons.